The molecule has 4 rings (SSSR count). The summed E-state index contributed by atoms with van der Waals surface area (Å²) >= 11 is 0. The smallest absolute Gasteiger partial charge is 0.273 e. The van der Waals surface area contributed by atoms with Crippen LogP contribution in [0.5, 0.6) is 0 Å². The van der Waals surface area contributed by atoms with Gasteiger partial charge in [-0.15, -0.1) is 0 Å². The summed E-state index contributed by atoms with van der Waals surface area (Å²) in [6.45, 7) is 3.82. The fraction of sp³-hybridized carbons (Fsp3) is 0.333. The van der Waals surface area contributed by atoms with Gasteiger partial charge in [-0.05, 0) is 38.0 Å². The van der Waals surface area contributed by atoms with Crippen molar-refractivity contribution >= 4 is 32.5 Å². The average Bonchev–Trinajstić information content (AvgIpc) is 3.23. The van der Waals surface area contributed by atoms with Gasteiger partial charge in [0.25, 0.3) is 5.91 Å². The van der Waals surface area contributed by atoms with Gasteiger partial charge in [0.05, 0.1) is 23.2 Å². The van der Waals surface area contributed by atoms with Crippen LogP contribution in [-0.4, -0.2) is 40.6 Å². The van der Waals surface area contributed by atoms with E-state index in [-0.39, 0.29) is 23.5 Å². The molecule has 136 valence electrons. The lowest BCUT2D eigenvalue weighted by Crippen LogP contribution is -2.19. The van der Waals surface area contributed by atoms with E-state index in [1.54, 1.807) is 16.8 Å². The summed E-state index contributed by atoms with van der Waals surface area (Å²) < 4.78 is 25.2. The van der Waals surface area contributed by atoms with Gasteiger partial charge in [0, 0.05) is 17.0 Å². The number of aryl methyl sites for hydroxylation is 2. The van der Waals surface area contributed by atoms with E-state index in [4.69, 9.17) is 0 Å². The van der Waals surface area contributed by atoms with Crippen molar-refractivity contribution in [2.24, 2.45) is 0 Å². The molecule has 2 N–H and O–H groups in total. The first-order valence-corrected chi connectivity index (χ1v) is 10.3. The second-order valence-corrected chi connectivity index (χ2v) is 9.13. The van der Waals surface area contributed by atoms with E-state index in [1.165, 1.54) is 0 Å². The highest BCUT2D eigenvalue weighted by atomic mass is 32.2. The lowest BCUT2D eigenvalue weighted by molar-refractivity contribution is 0.102. The molecule has 1 saturated heterocycles. The van der Waals surface area contributed by atoms with Crippen molar-refractivity contribution in [1.82, 2.24) is 14.8 Å². The molecule has 26 heavy (non-hydrogen) atoms. The fourth-order valence-electron chi connectivity index (χ4n) is 3.40. The van der Waals surface area contributed by atoms with E-state index in [9.17, 15) is 13.2 Å². The van der Waals surface area contributed by atoms with Crippen molar-refractivity contribution in [3.8, 4) is 0 Å². The van der Waals surface area contributed by atoms with Gasteiger partial charge in [-0.25, -0.2) is 13.1 Å². The number of anilines is 1. The number of H-pyrrole nitrogens is 1. The van der Waals surface area contributed by atoms with Crippen LogP contribution in [0.15, 0.2) is 30.3 Å². The van der Waals surface area contributed by atoms with Crippen LogP contribution in [0.4, 0.5) is 5.82 Å². The summed E-state index contributed by atoms with van der Waals surface area (Å²) in [5, 5.41) is 8.21. The number of nitrogens with one attached hydrogen (secondary N) is 2. The highest BCUT2D eigenvalue weighted by Crippen LogP contribution is 2.27. The van der Waals surface area contributed by atoms with Crippen molar-refractivity contribution in [3.63, 3.8) is 0 Å². The molecule has 0 unspecified atom stereocenters. The second kappa shape index (κ2) is 5.98. The zero-order valence-corrected chi connectivity index (χ0v) is 15.4. The lowest BCUT2D eigenvalue weighted by Gasteiger charge is -2.13. The zero-order valence-electron chi connectivity index (χ0n) is 14.6. The van der Waals surface area contributed by atoms with E-state index in [2.05, 4.69) is 15.4 Å². The summed E-state index contributed by atoms with van der Waals surface area (Å²) in [4.78, 5) is 15.8. The largest absolute Gasteiger partial charge is 0.351 e. The number of hydrogen-bond donors (Lipinski definition) is 2. The van der Waals surface area contributed by atoms with Crippen molar-refractivity contribution in [2.75, 3.05) is 16.8 Å². The number of aromatic nitrogens is 3. The number of aromatic amines is 1. The van der Waals surface area contributed by atoms with E-state index >= 15 is 0 Å². The molecule has 1 aliphatic heterocycles. The summed E-state index contributed by atoms with van der Waals surface area (Å²) in [5.74, 6) is 0.457. The van der Waals surface area contributed by atoms with Crippen LogP contribution in [0.1, 0.15) is 34.2 Å². The molecule has 3 aromatic rings. The van der Waals surface area contributed by atoms with Crippen molar-refractivity contribution in [1.29, 1.82) is 0 Å². The molecular formula is C18H20N4O3S. The summed E-state index contributed by atoms with van der Waals surface area (Å²) in [6.07, 6.45) is 0.512. The van der Waals surface area contributed by atoms with Crippen LogP contribution in [0.3, 0.4) is 0 Å². The Balaban J connectivity index is 1.61. The Morgan fingerprint density at radius 3 is 2.81 bits per heavy atom. The van der Waals surface area contributed by atoms with Crippen LogP contribution in [-0.2, 0) is 9.84 Å². The molecule has 8 heteroatoms. The molecule has 0 saturated carbocycles. The molecule has 1 fully saturated rings. The topological polar surface area (TPSA) is 96.8 Å². The van der Waals surface area contributed by atoms with Gasteiger partial charge in [-0.1, -0.05) is 12.1 Å². The summed E-state index contributed by atoms with van der Waals surface area (Å²) in [7, 11) is -3.03. The number of amides is 1. The van der Waals surface area contributed by atoms with E-state index in [0.717, 1.165) is 22.2 Å². The maximum absolute atomic E-state index is 12.7. The van der Waals surface area contributed by atoms with Crippen LogP contribution in [0.25, 0.3) is 10.9 Å². The van der Waals surface area contributed by atoms with Gasteiger partial charge in [-0.2, -0.15) is 5.10 Å². The summed E-state index contributed by atoms with van der Waals surface area (Å²) in [6, 6.07) is 9.28. The van der Waals surface area contributed by atoms with Gasteiger partial charge in [0.15, 0.2) is 9.84 Å². The predicted molar refractivity (Wildman–Crippen MR) is 100 cm³/mol. The SMILES string of the molecule is Cc1ccc2cc(C(=O)Nc3cc(C)nn3[C@@H]3CCS(=O)(=O)C3)[nH]c2c1. The van der Waals surface area contributed by atoms with Crippen LogP contribution in [0.2, 0.25) is 0 Å². The Kier molecular flexibility index (Phi) is 3.87. The molecule has 1 aliphatic rings. The third-order valence-corrected chi connectivity index (χ3v) is 6.43. The van der Waals surface area contributed by atoms with E-state index in [0.29, 0.717) is 17.9 Å². The number of sulfone groups is 1. The van der Waals surface area contributed by atoms with Gasteiger partial charge >= 0.3 is 0 Å². The van der Waals surface area contributed by atoms with Gasteiger partial charge in [0.1, 0.15) is 11.5 Å². The number of benzene rings is 1. The van der Waals surface area contributed by atoms with Crippen LogP contribution in [0, 0.1) is 13.8 Å². The number of nitrogens with zero attached hydrogens (tertiary/aromatic N) is 2. The van der Waals surface area contributed by atoms with E-state index in [1.807, 2.05) is 32.0 Å². The molecule has 2 aromatic heterocycles. The Hall–Kier alpha value is -2.61. The molecule has 1 amide bonds. The number of carbonyl (C=O) groups excluding carboxylic acids is 1. The maximum atomic E-state index is 12.7. The standard InChI is InChI=1S/C18H20N4O3S/c1-11-3-4-13-9-16(19-15(13)7-11)18(23)20-17-8-12(2)21-22(17)14-5-6-26(24,25)10-14/h3-4,7-9,14,19H,5-6,10H2,1-2H3,(H,20,23)/t14-/m1/s1. The van der Waals surface area contributed by atoms with Gasteiger partial charge < -0.3 is 10.3 Å². The predicted octanol–water partition coefficient (Wildman–Crippen LogP) is 2.59. The van der Waals surface area contributed by atoms with E-state index < -0.39 is 9.84 Å². The molecule has 0 radical (unpaired) electrons. The number of carbonyl (C=O) groups is 1. The normalized spacial score (nSPS) is 19.1. The molecule has 3 heterocycles. The van der Waals surface area contributed by atoms with Crippen LogP contribution >= 0.6 is 0 Å². The highest BCUT2D eigenvalue weighted by molar-refractivity contribution is 7.91. The number of hydrogen-bond acceptors (Lipinski definition) is 4. The Labute approximate surface area is 151 Å². The van der Waals surface area contributed by atoms with Crippen LogP contribution < -0.4 is 5.32 Å². The minimum absolute atomic E-state index is 0.0582. The molecule has 0 bridgehead atoms. The van der Waals surface area contributed by atoms with Crippen molar-refractivity contribution in [2.45, 2.75) is 26.3 Å². The van der Waals surface area contributed by atoms with Crippen molar-refractivity contribution < 1.29 is 13.2 Å². The number of rotatable bonds is 3. The fourth-order valence-corrected chi connectivity index (χ4v) is 5.10. The maximum Gasteiger partial charge on any atom is 0.273 e. The third-order valence-electron chi connectivity index (χ3n) is 4.68. The summed E-state index contributed by atoms with van der Waals surface area (Å²) in [5.41, 5.74) is 3.20. The Morgan fingerprint density at radius 1 is 1.27 bits per heavy atom. The molecular weight excluding hydrogens is 352 g/mol. The lowest BCUT2D eigenvalue weighted by atomic mass is 10.2. The monoisotopic (exact) mass is 372 g/mol. The van der Waals surface area contributed by atoms with Gasteiger partial charge in [0.2, 0.25) is 0 Å². The first-order chi connectivity index (χ1) is 12.3. The molecule has 7 nitrogen and oxygen atoms in total. The first kappa shape index (κ1) is 16.8. The molecule has 1 aromatic carbocycles. The highest BCUT2D eigenvalue weighted by Gasteiger charge is 2.31. The third kappa shape index (κ3) is 3.12. The molecule has 0 spiro atoms. The molecule has 0 aliphatic carbocycles. The quantitative estimate of drug-likeness (QED) is 0.738. The zero-order chi connectivity index (χ0) is 18.5. The Morgan fingerprint density at radius 2 is 2.08 bits per heavy atom. The minimum atomic E-state index is -3.03. The first-order valence-electron chi connectivity index (χ1n) is 8.48. The van der Waals surface area contributed by atoms with Gasteiger partial charge in [-0.3, -0.25) is 4.79 Å². The Bertz CT molecular complexity index is 1110. The number of fused-ring (bicyclic) bond motifs is 1. The molecule has 1 atom stereocenters. The van der Waals surface area contributed by atoms with Crippen molar-refractivity contribution in [3.05, 3.63) is 47.3 Å². The average molecular weight is 372 g/mol. The second-order valence-electron chi connectivity index (χ2n) is 6.90. The minimum Gasteiger partial charge on any atom is -0.351 e.